The Morgan fingerprint density at radius 3 is 2.21 bits per heavy atom. The van der Waals surface area contributed by atoms with E-state index in [1.54, 1.807) is 0 Å². The van der Waals surface area contributed by atoms with Gasteiger partial charge in [-0.25, -0.2) is 0 Å². The maximum absolute atomic E-state index is 12.2. The summed E-state index contributed by atoms with van der Waals surface area (Å²) in [6, 6.07) is 0. The highest BCUT2D eigenvalue weighted by molar-refractivity contribution is 5.76. The lowest BCUT2D eigenvalue weighted by Crippen LogP contribution is -2.59. The maximum Gasteiger partial charge on any atom is 0.220 e. The lowest BCUT2D eigenvalue weighted by Gasteiger charge is -2.57. The Labute approximate surface area is 116 Å². The van der Waals surface area contributed by atoms with Crippen LogP contribution in [0.2, 0.25) is 0 Å². The molecule has 4 rings (SSSR count). The molecule has 0 radical (unpaired) electrons. The van der Waals surface area contributed by atoms with Gasteiger partial charge in [0.25, 0.3) is 0 Å². The third-order valence-electron chi connectivity index (χ3n) is 5.71. The standard InChI is InChI=1S/C16H28N2O/c1-11(10-17)2-3-15(19)18-16-7-12-4-13(8-16)6-14(5-12)9-16/h11-14H,2-10,17H2,1H3,(H,18,19). The molecule has 4 aliphatic carbocycles. The number of nitrogens with one attached hydrogen (secondary N) is 1. The third-order valence-corrected chi connectivity index (χ3v) is 5.71. The van der Waals surface area contributed by atoms with Crippen molar-refractivity contribution in [3.8, 4) is 0 Å². The number of nitrogens with two attached hydrogens (primary N) is 1. The second kappa shape index (κ2) is 5.08. The zero-order valence-electron chi connectivity index (χ0n) is 12.2. The highest BCUT2D eigenvalue weighted by atomic mass is 16.1. The molecule has 1 unspecified atom stereocenters. The second-order valence-corrected chi connectivity index (χ2v) is 7.63. The SMILES string of the molecule is CC(CN)CCC(=O)NC12CC3CC(CC(C3)C1)C2. The molecule has 3 heteroatoms. The van der Waals surface area contributed by atoms with Crippen molar-refractivity contribution in [2.45, 2.75) is 63.8 Å². The van der Waals surface area contributed by atoms with Gasteiger partial charge in [-0.3, -0.25) is 4.79 Å². The fraction of sp³-hybridized carbons (Fsp3) is 0.938. The lowest BCUT2D eigenvalue weighted by atomic mass is 9.53. The molecule has 0 aromatic heterocycles. The summed E-state index contributed by atoms with van der Waals surface area (Å²) >= 11 is 0. The van der Waals surface area contributed by atoms with Crippen LogP contribution in [0.4, 0.5) is 0 Å². The summed E-state index contributed by atoms with van der Waals surface area (Å²) in [5, 5.41) is 3.42. The second-order valence-electron chi connectivity index (χ2n) is 7.63. The first-order valence-corrected chi connectivity index (χ1v) is 8.09. The van der Waals surface area contributed by atoms with Gasteiger partial charge in [0, 0.05) is 12.0 Å². The first-order valence-electron chi connectivity index (χ1n) is 8.09. The molecule has 0 aromatic rings. The van der Waals surface area contributed by atoms with Gasteiger partial charge in [-0.1, -0.05) is 6.92 Å². The summed E-state index contributed by atoms with van der Waals surface area (Å²) in [5.74, 6) is 3.42. The summed E-state index contributed by atoms with van der Waals surface area (Å²) in [6.07, 6.45) is 9.61. The molecular weight excluding hydrogens is 236 g/mol. The van der Waals surface area contributed by atoms with Gasteiger partial charge >= 0.3 is 0 Å². The van der Waals surface area contributed by atoms with E-state index >= 15 is 0 Å². The average Bonchev–Trinajstić information content (AvgIpc) is 2.33. The van der Waals surface area contributed by atoms with Crippen molar-refractivity contribution in [3.63, 3.8) is 0 Å². The minimum Gasteiger partial charge on any atom is -0.351 e. The Balaban J connectivity index is 1.56. The molecule has 0 spiro atoms. The Morgan fingerprint density at radius 2 is 1.74 bits per heavy atom. The predicted molar refractivity (Wildman–Crippen MR) is 76.5 cm³/mol. The molecule has 1 atom stereocenters. The van der Waals surface area contributed by atoms with Crippen LogP contribution in [0, 0.1) is 23.7 Å². The highest BCUT2D eigenvalue weighted by Crippen LogP contribution is 2.55. The van der Waals surface area contributed by atoms with Crippen LogP contribution in [0.3, 0.4) is 0 Å². The van der Waals surface area contributed by atoms with Crippen LogP contribution in [-0.2, 0) is 4.79 Å². The highest BCUT2D eigenvalue weighted by Gasteiger charge is 2.51. The molecule has 4 saturated carbocycles. The molecule has 108 valence electrons. The minimum absolute atomic E-state index is 0.178. The average molecular weight is 264 g/mol. The first kappa shape index (κ1) is 13.4. The molecule has 4 aliphatic rings. The lowest BCUT2D eigenvalue weighted by molar-refractivity contribution is -0.127. The van der Waals surface area contributed by atoms with Crippen LogP contribution in [0.5, 0.6) is 0 Å². The molecule has 3 nitrogen and oxygen atoms in total. The number of amides is 1. The van der Waals surface area contributed by atoms with Crippen LogP contribution in [0.15, 0.2) is 0 Å². The quantitative estimate of drug-likeness (QED) is 0.801. The zero-order chi connectivity index (χ0) is 13.5. The molecule has 4 bridgehead atoms. The molecular formula is C16H28N2O. The van der Waals surface area contributed by atoms with Crippen molar-refractivity contribution >= 4 is 5.91 Å². The smallest absolute Gasteiger partial charge is 0.220 e. The number of hydrogen-bond acceptors (Lipinski definition) is 2. The number of hydrogen-bond donors (Lipinski definition) is 2. The van der Waals surface area contributed by atoms with Crippen LogP contribution < -0.4 is 11.1 Å². The monoisotopic (exact) mass is 264 g/mol. The van der Waals surface area contributed by atoms with Crippen LogP contribution in [-0.4, -0.2) is 18.0 Å². The van der Waals surface area contributed by atoms with Gasteiger partial charge in [0.05, 0.1) is 0 Å². The molecule has 0 aromatic carbocycles. The molecule has 0 heterocycles. The number of rotatable bonds is 5. The molecule has 3 N–H and O–H groups in total. The molecule has 19 heavy (non-hydrogen) atoms. The van der Waals surface area contributed by atoms with Gasteiger partial charge in [-0.2, -0.15) is 0 Å². The normalized spacial score (nSPS) is 41.3. The zero-order valence-corrected chi connectivity index (χ0v) is 12.2. The van der Waals surface area contributed by atoms with Gasteiger partial charge in [-0.15, -0.1) is 0 Å². The summed E-state index contributed by atoms with van der Waals surface area (Å²) in [4.78, 5) is 12.2. The molecule has 0 saturated heterocycles. The van der Waals surface area contributed by atoms with Gasteiger partial charge in [0.2, 0.25) is 5.91 Å². The van der Waals surface area contributed by atoms with E-state index in [0.717, 1.165) is 24.2 Å². The van der Waals surface area contributed by atoms with Crippen molar-refractivity contribution in [2.24, 2.45) is 29.4 Å². The van der Waals surface area contributed by atoms with Gasteiger partial charge in [-0.05, 0) is 75.2 Å². The fourth-order valence-corrected chi connectivity index (χ4v) is 5.12. The molecule has 0 aliphatic heterocycles. The van der Waals surface area contributed by atoms with Crippen LogP contribution in [0.1, 0.15) is 58.3 Å². The molecule has 4 fully saturated rings. The predicted octanol–water partition coefficient (Wildman–Crippen LogP) is 2.45. The van der Waals surface area contributed by atoms with Gasteiger partial charge in [0.15, 0.2) is 0 Å². The fourth-order valence-electron chi connectivity index (χ4n) is 5.12. The largest absolute Gasteiger partial charge is 0.351 e. The summed E-state index contributed by atoms with van der Waals surface area (Å²) < 4.78 is 0. The number of carbonyl (C=O) groups excluding carboxylic acids is 1. The van der Waals surface area contributed by atoms with E-state index in [1.165, 1.54) is 38.5 Å². The van der Waals surface area contributed by atoms with E-state index in [4.69, 9.17) is 5.73 Å². The Morgan fingerprint density at radius 1 is 1.21 bits per heavy atom. The van der Waals surface area contributed by atoms with E-state index in [-0.39, 0.29) is 11.4 Å². The topological polar surface area (TPSA) is 55.1 Å². The Hall–Kier alpha value is -0.570. The third kappa shape index (κ3) is 2.81. The van der Waals surface area contributed by atoms with Crippen molar-refractivity contribution in [3.05, 3.63) is 0 Å². The Bertz CT molecular complexity index is 317. The minimum atomic E-state index is 0.178. The Kier molecular flexibility index (Phi) is 3.59. The summed E-state index contributed by atoms with van der Waals surface area (Å²) in [5.41, 5.74) is 5.79. The van der Waals surface area contributed by atoms with Crippen LogP contribution in [0.25, 0.3) is 0 Å². The van der Waals surface area contributed by atoms with Gasteiger partial charge in [0.1, 0.15) is 0 Å². The maximum atomic E-state index is 12.2. The van der Waals surface area contributed by atoms with Crippen molar-refractivity contribution in [1.82, 2.24) is 5.32 Å². The van der Waals surface area contributed by atoms with Gasteiger partial charge < -0.3 is 11.1 Å². The van der Waals surface area contributed by atoms with E-state index in [9.17, 15) is 4.79 Å². The first-order chi connectivity index (χ1) is 9.08. The van der Waals surface area contributed by atoms with E-state index < -0.39 is 0 Å². The van der Waals surface area contributed by atoms with Crippen molar-refractivity contribution in [1.29, 1.82) is 0 Å². The molecule has 1 amide bonds. The van der Waals surface area contributed by atoms with E-state index in [0.29, 0.717) is 18.9 Å². The summed E-state index contributed by atoms with van der Waals surface area (Å²) in [6.45, 7) is 2.81. The van der Waals surface area contributed by atoms with Crippen LogP contribution >= 0.6 is 0 Å². The van der Waals surface area contributed by atoms with Crippen molar-refractivity contribution in [2.75, 3.05) is 6.54 Å². The summed E-state index contributed by atoms with van der Waals surface area (Å²) in [7, 11) is 0. The van der Waals surface area contributed by atoms with Crippen molar-refractivity contribution < 1.29 is 4.79 Å². The van der Waals surface area contributed by atoms with E-state index in [2.05, 4.69) is 12.2 Å². The number of carbonyl (C=O) groups is 1. The van der Waals surface area contributed by atoms with E-state index in [1.807, 2.05) is 0 Å².